The smallest absolute Gasteiger partial charge is 0.344 e. The minimum atomic E-state index is -1.07. The second-order valence-electron chi connectivity index (χ2n) is 7.21. The van der Waals surface area contributed by atoms with Crippen LogP contribution in [0.4, 0.5) is 0 Å². The Balaban J connectivity index is 2.07. The van der Waals surface area contributed by atoms with Crippen molar-refractivity contribution >= 4 is 70.9 Å². The van der Waals surface area contributed by atoms with Crippen LogP contribution >= 0.6 is 47.8 Å². The first-order valence-corrected chi connectivity index (χ1v) is 12.1. The molecule has 3 aromatic rings. The van der Waals surface area contributed by atoms with Crippen molar-refractivity contribution in [3.8, 4) is 5.75 Å². The number of fused-ring (bicyclic) bond motifs is 1. The summed E-state index contributed by atoms with van der Waals surface area (Å²) < 4.78 is 8.72. The average molecular weight is 630 g/mol. The Morgan fingerprint density at radius 3 is 2.47 bits per heavy atom. The van der Waals surface area contributed by atoms with Crippen molar-refractivity contribution in [3.63, 3.8) is 0 Å². The number of carboxylic acid groups (broad SMARTS) is 1. The van der Waals surface area contributed by atoms with Gasteiger partial charge in [-0.05, 0) is 81.1 Å². The second kappa shape index (κ2) is 10.3. The third-order valence-corrected chi connectivity index (χ3v) is 6.54. The molecular formula is C22H20Br3N3O4. The number of benzene rings is 2. The number of aliphatic carboxylic acids is 1. The van der Waals surface area contributed by atoms with Crippen molar-refractivity contribution in [2.45, 2.75) is 39.2 Å². The third-order valence-electron chi connectivity index (χ3n) is 4.87. The van der Waals surface area contributed by atoms with E-state index >= 15 is 0 Å². The highest BCUT2D eigenvalue weighted by molar-refractivity contribution is 9.11. The molecule has 0 aliphatic rings. The van der Waals surface area contributed by atoms with Crippen molar-refractivity contribution in [1.29, 1.82) is 0 Å². The molecule has 0 aliphatic carbocycles. The van der Waals surface area contributed by atoms with E-state index in [1.807, 2.05) is 26.0 Å². The molecule has 0 radical (unpaired) electrons. The predicted octanol–water partition coefficient (Wildman–Crippen LogP) is 5.93. The minimum absolute atomic E-state index is 0.0275. The number of nitrogens with zero attached hydrogens (tertiary/aromatic N) is 3. The van der Waals surface area contributed by atoms with E-state index in [9.17, 15) is 9.59 Å². The van der Waals surface area contributed by atoms with Crippen molar-refractivity contribution in [2.75, 3.05) is 0 Å². The van der Waals surface area contributed by atoms with E-state index in [0.29, 0.717) is 37.0 Å². The van der Waals surface area contributed by atoms with Gasteiger partial charge in [-0.15, -0.1) is 0 Å². The molecule has 2 atom stereocenters. The molecule has 0 saturated carbocycles. The fourth-order valence-electron chi connectivity index (χ4n) is 2.90. The van der Waals surface area contributed by atoms with E-state index in [-0.39, 0.29) is 11.5 Å². The molecule has 10 heteroatoms. The van der Waals surface area contributed by atoms with Crippen molar-refractivity contribution in [1.82, 2.24) is 9.66 Å². The van der Waals surface area contributed by atoms with Crippen LogP contribution in [0.15, 0.2) is 53.6 Å². The van der Waals surface area contributed by atoms with Gasteiger partial charge in [-0.1, -0.05) is 29.8 Å². The number of hydrogen-bond acceptors (Lipinski definition) is 5. The fraction of sp³-hybridized carbons (Fsp3) is 0.273. The molecule has 0 spiro atoms. The summed E-state index contributed by atoms with van der Waals surface area (Å²) in [5.41, 5.74) is 1.05. The summed E-state index contributed by atoms with van der Waals surface area (Å²) in [6.07, 6.45) is 1.34. The zero-order chi connectivity index (χ0) is 23.6. The van der Waals surface area contributed by atoms with Crippen LogP contribution in [0.2, 0.25) is 0 Å². The number of hydrogen-bond donors (Lipinski definition) is 1. The Kier molecular flexibility index (Phi) is 7.89. The number of halogens is 3. The summed E-state index contributed by atoms with van der Waals surface area (Å²) in [7, 11) is 0. The molecule has 0 aliphatic heterocycles. The van der Waals surface area contributed by atoms with Crippen LogP contribution in [0, 0.1) is 0 Å². The largest absolute Gasteiger partial charge is 0.479 e. The van der Waals surface area contributed by atoms with Crippen LogP contribution in [0.3, 0.4) is 0 Å². The van der Waals surface area contributed by atoms with Gasteiger partial charge in [0.15, 0.2) is 6.10 Å². The van der Waals surface area contributed by atoms with Crippen LogP contribution < -0.4 is 10.3 Å². The molecule has 0 saturated heterocycles. The van der Waals surface area contributed by atoms with Crippen LogP contribution in [-0.4, -0.2) is 33.1 Å². The predicted molar refractivity (Wildman–Crippen MR) is 135 cm³/mol. The molecule has 0 unspecified atom stereocenters. The van der Waals surface area contributed by atoms with Gasteiger partial charge in [0, 0.05) is 10.4 Å². The summed E-state index contributed by atoms with van der Waals surface area (Å²) in [5.74, 6) is -0.0925. The molecule has 0 bridgehead atoms. The van der Waals surface area contributed by atoms with Crippen LogP contribution in [0.5, 0.6) is 5.75 Å². The topological polar surface area (TPSA) is 93.8 Å². The fourth-order valence-corrected chi connectivity index (χ4v) is 4.67. The lowest BCUT2D eigenvalue weighted by Gasteiger charge is -2.15. The van der Waals surface area contributed by atoms with E-state index < -0.39 is 12.1 Å². The van der Waals surface area contributed by atoms with Crippen molar-refractivity contribution in [3.05, 3.63) is 65.5 Å². The highest BCUT2D eigenvalue weighted by Crippen LogP contribution is 2.35. The highest BCUT2D eigenvalue weighted by atomic mass is 79.9. The number of aromatic nitrogens is 2. The van der Waals surface area contributed by atoms with Crippen LogP contribution in [-0.2, 0) is 4.79 Å². The highest BCUT2D eigenvalue weighted by Gasteiger charge is 2.18. The van der Waals surface area contributed by atoms with Crippen molar-refractivity contribution < 1.29 is 14.6 Å². The number of carboxylic acids is 1. The van der Waals surface area contributed by atoms with Gasteiger partial charge in [-0.2, -0.15) is 9.78 Å². The summed E-state index contributed by atoms with van der Waals surface area (Å²) in [5, 5.41) is 14.0. The molecule has 0 fully saturated rings. The van der Waals surface area contributed by atoms with Gasteiger partial charge in [-0.25, -0.2) is 9.78 Å². The zero-order valence-electron chi connectivity index (χ0n) is 17.5. The van der Waals surface area contributed by atoms with E-state index in [2.05, 4.69) is 52.9 Å². The van der Waals surface area contributed by atoms with E-state index in [1.54, 1.807) is 24.4 Å². The first-order chi connectivity index (χ1) is 15.1. The maximum absolute atomic E-state index is 13.2. The lowest BCUT2D eigenvalue weighted by Crippen LogP contribution is -2.24. The first kappa shape index (κ1) is 24.6. The Bertz CT molecular complexity index is 1250. The summed E-state index contributed by atoms with van der Waals surface area (Å²) >= 11 is 10.2. The van der Waals surface area contributed by atoms with Crippen molar-refractivity contribution in [2.24, 2.45) is 5.10 Å². The second-order valence-corrected chi connectivity index (χ2v) is 9.84. The normalized spacial score (nSPS) is 13.4. The molecule has 1 aromatic heterocycles. The van der Waals surface area contributed by atoms with E-state index in [4.69, 9.17) is 14.8 Å². The van der Waals surface area contributed by atoms with Gasteiger partial charge in [0.25, 0.3) is 5.56 Å². The quantitative estimate of drug-likeness (QED) is 0.327. The van der Waals surface area contributed by atoms with Gasteiger partial charge in [0.05, 0.1) is 26.1 Å². The molecule has 2 aromatic carbocycles. The number of rotatable bonds is 7. The minimum Gasteiger partial charge on any atom is -0.479 e. The standard InChI is InChI=1S/C22H20Br3N3O4/c1-4-11(2)20-27-18-6-5-14(23)9-15(18)21(29)28(20)26-10-13-7-16(24)19(17(25)8-13)32-12(3)22(30)31/h5-12H,4H2,1-3H3,(H,30,31)/t11-,12-/m1/s1. The van der Waals surface area contributed by atoms with E-state index in [1.165, 1.54) is 11.6 Å². The number of ether oxygens (including phenoxy) is 1. The maximum atomic E-state index is 13.2. The van der Waals surface area contributed by atoms with Crippen LogP contribution in [0.1, 0.15) is 44.5 Å². The summed E-state index contributed by atoms with van der Waals surface area (Å²) in [6.45, 7) is 5.48. The van der Waals surface area contributed by atoms with Crippen LogP contribution in [0.25, 0.3) is 10.9 Å². The molecule has 1 heterocycles. The van der Waals surface area contributed by atoms with Gasteiger partial charge < -0.3 is 9.84 Å². The SMILES string of the molecule is CC[C@@H](C)c1nc2ccc(Br)cc2c(=O)n1N=Cc1cc(Br)c(O[C@H](C)C(=O)O)c(Br)c1. The Morgan fingerprint density at radius 1 is 1.22 bits per heavy atom. The monoisotopic (exact) mass is 627 g/mol. The Labute approximate surface area is 209 Å². The Hall–Kier alpha value is -2.04. The van der Waals surface area contributed by atoms with E-state index in [0.717, 1.165) is 10.9 Å². The number of carbonyl (C=O) groups is 1. The lowest BCUT2D eigenvalue weighted by molar-refractivity contribution is -0.144. The van der Waals surface area contributed by atoms with Gasteiger partial charge in [0.2, 0.25) is 0 Å². The first-order valence-electron chi connectivity index (χ1n) is 9.77. The maximum Gasteiger partial charge on any atom is 0.344 e. The Morgan fingerprint density at radius 2 is 1.88 bits per heavy atom. The van der Waals surface area contributed by atoms with Gasteiger partial charge in [0.1, 0.15) is 11.6 Å². The lowest BCUT2D eigenvalue weighted by atomic mass is 10.1. The average Bonchev–Trinajstić information content (AvgIpc) is 2.75. The molecular weight excluding hydrogens is 610 g/mol. The van der Waals surface area contributed by atoms with Gasteiger partial charge in [-0.3, -0.25) is 4.79 Å². The van der Waals surface area contributed by atoms with Gasteiger partial charge >= 0.3 is 5.97 Å². The molecule has 0 amide bonds. The molecule has 168 valence electrons. The summed E-state index contributed by atoms with van der Waals surface area (Å²) in [6, 6.07) is 8.87. The molecule has 32 heavy (non-hydrogen) atoms. The zero-order valence-corrected chi connectivity index (χ0v) is 22.2. The molecule has 7 nitrogen and oxygen atoms in total. The molecule has 1 N–H and O–H groups in total. The molecule has 3 rings (SSSR count). The summed E-state index contributed by atoms with van der Waals surface area (Å²) in [4.78, 5) is 29.0. The third kappa shape index (κ3) is 5.29.